The molecule has 2 N–H and O–H groups in total. The third-order valence-electron chi connectivity index (χ3n) is 2.27. The zero-order valence-electron chi connectivity index (χ0n) is 9.01. The third kappa shape index (κ3) is 2.38. The van der Waals surface area contributed by atoms with E-state index >= 15 is 0 Å². The normalized spacial score (nSPS) is 11.1. The Morgan fingerprint density at radius 2 is 2.38 bits per heavy atom. The first kappa shape index (κ1) is 10.6. The number of fused-ring (bicyclic) bond motifs is 1. The molecule has 0 unspecified atom stereocenters. The summed E-state index contributed by atoms with van der Waals surface area (Å²) < 4.78 is 5.20. The van der Waals surface area contributed by atoms with Gasteiger partial charge >= 0.3 is 0 Å². The number of rotatable bonds is 4. The highest BCUT2D eigenvalue weighted by molar-refractivity contribution is 5.76. The number of carbonyl (C=O) groups is 1. The van der Waals surface area contributed by atoms with Gasteiger partial charge < -0.3 is 10.2 Å². The number of benzene rings is 1. The van der Waals surface area contributed by atoms with Crippen LogP contribution in [0.25, 0.3) is 11.1 Å². The molecule has 1 heterocycles. The molecule has 5 nitrogen and oxygen atoms in total. The van der Waals surface area contributed by atoms with Crippen LogP contribution in [-0.2, 0) is 11.3 Å². The minimum atomic E-state index is -0.330. The minimum absolute atomic E-state index is 0.244. The highest BCUT2D eigenvalue weighted by atomic mass is 16.3. The summed E-state index contributed by atoms with van der Waals surface area (Å²) >= 11 is 0. The number of aromatic nitrogens is 1. The summed E-state index contributed by atoms with van der Waals surface area (Å²) in [6, 6.07) is 5.77. The number of nitrogens with zero attached hydrogens (tertiary/aromatic N) is 2. The van der Waals surface area contributed by atoms with Gasteiger partial charge in [0.05, 0.1) is 6.54 Å². The summed E-state index contributed by atoms with van der Waals surface area (Å²) in [5.41, 5.74) is 7.76. The third-order valence-corrected chi connectivity index (χ3v) is 2.27. The molecule has 84 valence electrons. The lowest BCUT2D eigenvalue weighted by Crippen LogP contribution is -2.30. The molecular weight excluding hydrogens is 206 g/mol. The predicted octanol–water partition coefficient (Wildman–Crippen LogP) is 0.745. The Bertz CT molecular complexity index is 507. The second-order valence-corrected chi connectivity index (χ2v) is 3.79. The molecule has 5 heteroatoms. The number of oxazole rings is 1. The first-order chi connectivity index (χ1) is 7.65. The summed E-state index contributed by atoms with van der Waals surface area (Å²) in [4.78, 5) is 16.6. The van der Waals surface area contributed by atoms with Gasteiger partial charge in [-0.25, -0.2) is 4.98 Å². The SMILES string of the molecule is CN(CC(N)=O)Cc1ccc2ncoc2c1. The number of likely N-dealkylation sites (N-methyl/N-ethyl adjacent to an activating group) is 1. The number of hydrogen-bond donors (Lipinski definition) is 1. The van der Waals surface area contributed by atoms with E-state index in [0.29, 0.717) is 6.54 Å². The number of amides is 1. The van der Waals surface area contributed by atoms with Crippen LogP contribution < -0.4 is 5.73 Å². The van der Waals surface area contributed by atoms with Crippen molar-refractivity contribution in [2.24, 2.45) is 5.73 Å². The number of carbonyl (C=O) groups excluding carboxylic acids is 1. The van der Waals surface area contributed by atoms with Crippen LogP contribution in [0.2, 0.25) is 0 Å². The van der Waals surface area contributed by atoms with Crippen LogP contribution in [0.5, 0.6) is 0 Å². The average Bonchev–Trinajstić information content (AvgIpc) is 2.63. The highest BCUT2D eigenvalue weighted by Crippen LogP contribution is 2.15. The van der Waals surface area contributed by atoms with Gasteiger partial charge in [-0.1, -0.05) is 6.07 Å². The summed E-state index contributed by atoms with van der Waals surface area (Å²) in [5.74, 6) is -0.330. The topological polar surface area (TPSA) is 72.4 Å². The van der Waals surface area contributed by atoms with Crippen LogP contribution in [0.4, 0.5) is 0 Å². The first-order valence-corrected chi connectivity index (χ1v) is 4.94. The van der Waals surface area contributed by atoms with Crippen molar-refractivity contribution in [2.75, 3.05) is 13.6 Å². The fraction of sp³-hybridized carbons (Fsp3) is 0.273. The Labute approximate surface area is 92.8 Å². The smallest absolute Gasteiger partial charge is 0.231 e. The summed E-state index contributed by atoms with van der Waals surface area (Å²) in [6.45, 7) is 0.897. The minimum Gasteiger partial charge on any atom is -0.443 e. The molecule has 0 fully saturated rings. The van der Waals surface area contributed by atoms with E-state index in [2.05, 4.69) is 4.98 Å². The van der Waals surface area contributed by atoms with Crippen LogP contribution in [-0.4, -0.2) is 29.4 Å². The lowest BCUT2D eigenvalue weighted by molar-refractivity contribution is -0.118. The second kappa shape index (κ2) is 4.32. The fourth-order valence-electron chi connectivity index (χ4n) is 1.63. The molecule has 0 bridgehead atoms. The van der Waals surface area contributed by atoms with Crippen LogP contribution >= 0.6 is 0 Å². The van der Waals surface area contributed by atoms with Gasteiger partial charge in [0.2, 0.25) is 5.91 Å². The van der Waals surface area contributed by atoms with E-state index < -0.39 is 0 Å². The number of hydrogen-bond acceptors (Lipinski definition) is 4. The summed E-state index contributed by atoms with van der Waals surface area (Å²) in [5, 5.41) is 0. The molecule has 1 aromatic heterocycles. The van der Waals surface area contributed by atoms with Gasteiger partial charge in [0.15, 0.2) is 12.0 Å². The van der Waals surface area contributed by atoms with Gasteiger partial charge in [-0.15, -0.1) is 0 Å². The van der Waals surface area contributed by atoms with Crippen molar-refractivity contribution in [1.29, 1.82) is 0 Å². The zero-order valence-corrected chi connectivity index (χ0v) is 9.01. The van der Waals surface area contributed by atoms with Crippen LogP contribution in [0.1, 0.15) is 5.56 Å². The Morgan fingerprint density at radius 1 is 1.56 bits per heavy atom. The van der Waals surface area contributed by atoms with Crippen molar-refractivity contribution in [1.82, 2.24) is 9.88 Å². The van der Waals surface area contributed by atoms with Gasteiger partial charge in [-0.3, -0.25) is 9.69 Å². The van der Waals surface area contributed by atoms with E-state index in [4.69, 9.17) is 10.2 Å². The van der Waals surface area contributed by atoms with Crippen molar-refractivity contribution in [3.8, 4) is 0 Å². The predicted molar refractivity (Wildman–Crippen MR) is 59.5 cm³/mol. The number of nitrogens with two attached hydrogens (primary N) is 1. The quantitative estimate of drug-likeness (QED) is 0.823. The Balaban J connectivity index is 2.11. The molecular formula is C11H13N3O2. The van der Waals surface area contributed by atoms with Crippen LogP contribution in [0, 0.1) is 0 Å². The standard InChI is InChI=1S/C11H13N3O2/c1-14(6-11(12)15)5-8-2-3-9-10(4-8)16-7-13-9/h2-4,7H,5-6H2,1H3,(H2,12,15). The Kier molecular flexibility index (Phi) is 2.87. The molecule has 1 amide bonds. The fourth-order valence-corrected chi connectivity index (χ4v) is 1.63. The monoisotopic (exact) mass is 219 g/mol. The summed E-state index contributed by atoms with van der Waals surface area (Å²) in [6.07, 6.45) is 1.42. The van der Waals surface area contributed by atoms with Gasteiger partial charge in [-0.2, -0.15) is 0 Å². The molecule has 0 aliphatic rings. The molecule has 1 aromatic carbocycles. The first-order valence-electron chi connectivity index (χ1n) is 4.94. The molecule has 0 atom stereocenters. The van der Waals surface area contributed by atoms with Crippen LogP contribution in [0.15, 0.2) is 29.0 Å². The molecule has 2 aromatic rings. The average molecular weight is 219 g/mol. The van der Waals surface area contributed by atoms with Crippen LogP contribution in [0.3, 0.4) is 0 Å². The van der Waals surface area contributed by atoms with Crippen molar-refractivity contribution >= 4 is 17.0 Å². The molecule has 16 heavy (non-hydrogen) atoms. The maximum atomic E-state index is 10.7. The van der Waals surface area contributed by atoms with Crippen molar-refractivity contribution in [3.63, 3.8) is 0 Å². The van der Waals surface area contributed by atoms with Crippen molar-refractivity contribution in [3.05, 3.63) is 30.2 Å². The lowest BCUT2D eigenvalue weighted by atomic mass is 10.2. The maximum absolute atomic E-state index is 10.7. The van der Waals surface area contributed by atoms with Crippen molar-refractivity contribution < 1.29 is 9.21 Å². The van der Waals surface area contributed by atoms with E-state index in [-0.39, 0.29) is 12.5 Å². The van der Waals surface area contributed by atoms with E-state index in [9.17, 15) is 4.79 Å². The molecule has 0 aliphatic carbocycles. The van der Waals surface area contributed by atoms with Crippen molar-refractivity contribution in [2.45, 2.75) is 6.54 Å². The van der Waals surface area contributed by atoms with E-state index in [1.54, 1.807) is 0 Å². The van der Waals surface area contributed by atoms with E-state index in [1.165, 1.54) is 6.39 Å². The zero-order chi connectivity index (χ0) is 11.5. The van der Waals surface area contributed by atoms with Gasteiger partial charge in [0.1, 0.15) is 5.52 Å². The molecule has 0 radical (unpaired) electrons. The largest absolute Gasteiger partial charge is 0.443 e. The molecule has 0 saturated heterocycles. The molecule has 0 spiro atoms. The lowest BCUT2D eigenvalue weighted by Gasteiger charge is -2.13. The number of primary amides is 1. The highest BCUT2D eigenvalue weighted by Gasteiger charge is 2.05. The van der Waals surface area contributed by atoms with E-state index in [0.717, 1.165) is 16.7 Å². The Morgan fingerprint density at radius 3 is 3.12 bits per heavy atom. The summed E-state index contributed by atoms with van der Waals surface area (Å²) in [7, 11) is 1.84. The Hall–Kier alpha value is -1.88. The van der Waals surface area contributed by atoms with Gasteiger partial charge in [-0.05, 0) is 24.7 Å². The molecule has 2 rings (SSSR count). The molecule has 0 saturated carbocycles. The maximum Gasteiger partial charge on any atom is 0.231 e. The second-order valence-electron chi connectivity index (χ2n) is 3.79. The van der Waals surface area contributed by atoms with E-state index in [1.807, 2.05) is 30.1 Å². The van der Waals surface area contributed by atoms with Gasteiger partial charge in [0.25, 0.3) is 0 Å². The molecule has 0 aliphatic heterocycles. The van der Waals surface area contributed by atoms with Gasteiger partial charge in [0, 0.05) is 6.54 Å².